The van der Waals surface area contributed by atoms with E-state index in [-0.39, 0.29) is 0 Å². The topological polar surface area (TPSA) is 12.0 Å². The Kier molecular flexibility index (Phi) is 5.71. The summed E-state index contributed by atoms with van der Waals surface area (Å²) in [7, 11) is 2.09. The van der Waals surface area contributed by atoms with Gasteiger partial charge in [0.25, 0.3) is 0 Å². The Balaban J connectivity index is 2.02. The molecule has 0 aliphatic heterocycles. The summed E-state index contributed by atoms with van der Waals surface area (Å²) in [6.45, 7) is 3.53. The van der Waals surface area contributed by atoms with Gasteiger partial charge in [0.15, 0.2) is 0 Å². The van der Waals surface area contributed by atoms with E-state index >= 15 is 0 Å². The summed E-state index contributed by atoms with van der Waals surface area (Å²) in [5.74, 6) is 2.69. The average Bonchev–Trinajstić information content (AvgIpc) is 2.77. The Bertz CT molecular complexity index is 363. The van der Waals surface area contributed by atoms with Gasteiger partial charge < -0.3 is 5.32 Å². The molecule has 102 valence electrons. The van der Waals surface area contributed by atoms with Crippen LogP contribution in [0.3, 0.4) is 0 Å². The van der Waals surface area contributed by atoms with E-state index in [0.717, 1.165) is 17.8 Å². The van der Waals surface area contributed by atoms with Gasteiger partial charge in [0, 0.05) is 9.35 Å². The van der Waals surface area contributed by atoms with Gasteiger partial charge in [0.05, 0.1) is 0 Å². The molecule has 1 aliphatic rings. The lowest BCUT2D eigenvalue weighted by molar-refractivity contribution is 0.174. The highest BCUT2D eigenvalue weighted by atomic mass is 79.9. The molecule has 1 nitrogen and oxygen atoms in total. The zero-order chi connectivity index (χ0) is 13.0. The van der Waals surface area contributed by atoms with Crippen molar-refractivity contribution in [3.63, 3.8) is 0 Å². The highest BCUT2D eigenvalue weighted by Gasteiger charge is 2.29. The average molecular weight is 330 g/mol. The summed E-state index contributed by atoms with van der Waals surface area (Å²) >= 11 is 5.58. The van der Waals surface area contributed by atoms with Crippen molar-refractivity contribution in [2.75, 3.05) is 13.6 Å². The molecule has 3 unspecified atom stereocenters. The largest absolute Gasteiger partial charge is 0.319 e. The Hall–Kier alpha value is 0.140. The SMILES string of the molecule is CCC1CCC(CNC)C(Cc2sccc2Br)C1. The number of thiophene rings is 1. The van der Waals surface area contributed by atoms with Crippen molar-refractivity contribution < 1.29 is 0 Å². The molecule has 3 heteroatoms. The van der Waals surface area contributed by atoms with Gasteiger partial charge in [-0.1, -0.05) is 19.8 Å². The Labute approximate surface area is 123 Å². The number of nitrogens with one attached hydrogen (secondary N) is 1. The van der Waals surface area contributed by atoms with E-state index in [2.05, 4.69) is 46.7 Å². The van der Waals surface area contributed by atoms with Gasteiger partial charge in [-0.15, -0.1) is 11.3 Å². The highest BCUT2D eigenvalue weighted by Crippen LogP contribution is 2.39. The van der Waals surface area contributed by atoms with Crippen LogP contribution in [-0.4, -0.2) is 13.6 Å². The maximum atomic E-state index is 3.68. The molecule has 1 N–H and O–H groups in total. The van der Waals surface area contributed by atoms with Crippen molar-refractivity contribution in [2.45, 2.75) is 39.0 Å². The molecule has 2 rings (SSSR count). The monoisotopic (exact) mass is 329 g/mol. The second kappa shape index (κ2) is 7.06. The van der Waals surface area contributed by atoms with Crippen LogP contribution in [0.15, 0.2) is 15.9 Å². The first-order valence-electron chi connectivity index (χ1n) is 7.11. The Morgan fingerprint density at radius 3 is 2.83 bits per heavy atom. The van der Waals surface area contributed by atoms with Gasteiger partial charge in [-0.2, -0.15) is 0 Å². The molecule has 0 spiro atoms. The van der Waals surface area contributed by atoms with Crippen molar-refractivity contribution in [2.24, 2.45) is 17.8 Å². The summed E-state index contributed by atoms with van der Waals surface area (Å²) in [5.41, 5.74) is 0. The predicted octanol–water partition coefficient (Wildman–Crippen LogP) is 4.72. The first-order valence-corrected chi connectivity index (χ1v) is 8.78. The molecule has 0 saturated heterocycles. The minimum Gasteiger partial charge on any atom is -0.319 e. The lowest BCUT2D eigenvalue weighted by atomic mass is 9.71. The van der Waals surface area contributed by atoms with E-state index in [1.807, 2.05) is 11.3 Å². The highest BCUT2D eigenvalue weighted by molar-refractivity contribution is 9.10. The number of rotatable bonds is 5. The molecular weight excluding hydrogens is 306 g/mol. The molecule has 0 radical (unpaired) electrons. The first-order chi connectivity index (χ1) is 8.74. The first kappa shape index (κ1) is 14.5. The van der Waals surface area contributed by atoms with E-state index in [0.29, 0.717) is 0 Å². The summed E-state index contributed by atoms with van der Waals surface area (Å²) in [5, 5.41) is 5.59. The summed E-state index contributed by atoms with van der Waals surface area (Å²) < 4.78 is 1.31. The normalized spacial score (nSPS) is 28.5. The van der Waals surface area contributed by atoms with Crippen molar-refractivity contribution in [3.05, 3.63) is 20.8 Å². The third kappa shape index (κ3) is 3.58. The number of halogens is 1. The minimum absolute atomic E-state index is 0.867. The number of hydrogen-bond acceptors (Lipinski definition) is 2. The van der Waals surface area contributed by atoms with Crippen LogP contribution >= 0.6 is 27.3 Å². The molecule has 1 fully saturated rings. The molecule has 1 aromatic rings. The predicted molar refractivity (Wildman–Crippen MR) is 84.3 cm³/mol. The quantitative estimate of drug-likeness (QED) is 0.824. The molecule has 1 aliphatic carbocycles. The van der Waals surface area contributed by atoms with Crippen LogP contribution in [0, 0.1) is 17.8 Å². The summed E-state index contributed by atoms with van der Waals surface area (Å²) in [4.78, 5) is 1.54. The van der Waals surface area contributed by atoms with Crippen LogP contribution in [0.1, 0.15) is 37.5 Å². The molecule has 18 heavy (non-hydrogen) atoms. The third-order valence-corrected chi connectivity index (χ3v) is 6.38. The van der Waals surface area contributed by atoms with Crippen LogP contribution < -0.4 is 5.32 Å². The Morgan fingerprint density at radius 2 is 2.22 bits per heavy atom. The van der Waals surface area contributed by atoms with Gasteiger partial charge >= 0.3 is 0 Å². The van der Waals surface area contributed by atoms with Crippen molar-refractivity contribution in [1.82, 2.24) is 5.32 Å². The molecule has 1 heterocycles. The molecule has 0 amide bonds. The fourth-order valence-corrected chi connectivity index (χ4v) is 4.89. The van der Waals surface area contributed by atoms with Gasteiger partial charge in [-0.3, -0.25) is 0 Å². The lowest BCUT2D eigenvalue weighted by Crippen LogP contribution is -2.32. The van der Waals surface area contributed by atoms with Crippen LogP contribution in [0.2, 0.25) is 0 Å². The van der Waals surface area contributed by atoms with Gasteiger partial charge in [0.2, 0.25) is 0 Å². The third-order valence-electron chi connectivity index (χ3n) is 4.43. The number of hydrogen-bond donors (Lipinski definition) is 1. The Morgan fingerprint density at radius 1 is 1.39 bits per heavy atom. The fraction of sp³-hybridized carbons (Fsp3) is 0.733. The molecule has 1 aromatic heterocycles. The van der Waals surface area contributed by atoms with Crippen molar-refractivity contribution in [3.8, 4) is 0 Å². The van der Waals surface area contributed by atoms with Gasteiger partial charge in [0.1, 0.15) is 0 Å². The molecular formula is C15H24BrNS. The maximum absolute atomic E-state index is 3.68. The smallest absolute Gasteiger partial charge is 0.0314 e. The van der Waals surface area contributed by atoms with E-state index in [1.54, 1.807) is 0 Å². The van der Waals surface area contributed by atoms with Crippen molar-refractivity contribution >= 4 is 27.3 Å². The lowest BCUT2D eigenvalue weighted by Gasteiger charge is -2.36. The second-order valence-electron chi connectivity index (χ2n) is 5.56. The molecule has 1 saturated carbocycles. The van der Waals surface area contributed by atoms with E-state index in [4.69, 9.17) is 0 Å². The zero-order valence-electron chi connectivity index (χ0n) is 11.4. The summed E-state index contributed by atoms with van der Waals surface area (Å²) in [6, 6.07) is 2.19. The molecule has 0 bridgehead atoms. The van der Waals surface area contributed by atoms with Crippen LogP contribution in [0.4, 0.5) is 0 Å². The maximum Gasteiger partial charge on any atom is 0.0314 e. The van der Waals surface area contributed by atoms with Crippen LogP contribution in [0.5, 0.6) is 0 Å². The molecule has 3 atom stereocenters. The van der Waals surface area contributed by atoms with Crippen LogP contribution in [0.25, 0.3) is 0 Å². The van der Waals surface area contributed by atoms with Crippen molar-refractivity contribution in [1.29, 1.82) is 0 Å². The van der Waals surface area contributed by atoms with E-state index < -0.39 is 0 Å². The van der Waals surface area contributed by atoms with E-state index in [1.165, 1.54) is 48.0 Å². The molecule has 0 aromatic carbocycles. The van der Waals surface area contributed by atoms with Crippen LogP contribution in [-0.2, 0) is 6.42 Å². The minimum atomic E-state index is 0.867. The summed E-state index contributed by atoms with van der Waals surface area (Å²) in [6.07, 6.45) is 6.89. The second-order valence-corrected chi connectivity index (χ2v) is 7.42. The fourth-order valence-electron chi connectivity index (χ4n) is 3.28. The van der Waals surface area contributed by atoms with Gasteiger partial charge in [-0.05, 0) is 78.0 Å². The van der Waals surface area contributed by atoms with E-state index in [9.17, 15) is 0 Å². The zero-order valence-corrected chi connectivity index (χ0v) is 13.8. The standard InChI is InChI=1S/C15H24BrNS/c1-3-11-4-5-12(10-17-2)13(8-11)9-15-14(16)6-7-18-15/h6-7,11-13,17H,3-5,8-10H2,1-2H3. The van der Waals surface area contributed by atoms with Gasteiger partial charge in [-0.25, -0.2) is 0 Å².